The number of aromatic amines is 1. The second-order valence-electron chi connectivity index (χ2n) is 7.68. The first-order valence-electron chi connectivity index (χ1n) is 10.5. The van der Waals surface area contributed by atoms with Gasteiger partial charge in [-0.1, -0.05) is 83.7 Å². The van der Waals surface area contributed by atoms with Gasteiger partial charge in [-0.3, -0.25) is 4.79 Å². The van der Waals surface area contributed by atoms with Gasteiger partial charge in [-0.15, -0.1) is 10.2 Å². The lowest BCUT2D eigenvalue weighted by Crippen LogP contribution is -2.35. The van der Waals surface area contributed by atoms with Gasteiger partial charge in [0.1, 0.15) is 6.10 Å². The van der Waals surface area contributed by atoms with Gasteiger partial charge in [-0.25, -0.2) is 0 Å². The van der Waals surface area contributed by atoms with Gasteiger partial charge >= 0.3 is 5.92 Å². The Morgan fingerprint density at radius 1 is 1.18 bits per heavy atom. The monoisotopic (exact) mass is 471 g/mol. The van der Waals surface area contributed by atoms with Gasteiger partial charge in [0.05, 0.1) is 6.04 Å². The average molecular weight is 472 g/mol. The van der Waals surface area contributed by atoms with Crippen molar-refractivity contribution in [3.8, 4) is 0 Å². The van der Waals surface area contributed by atoms with E-state index in [-0.39, 0.29) is 16.8 Å². The molecule has 7 nitrogen and oxygen atoms in total. The number of rotatable bonds is 9. The molecule has 1 aliphatic rings. The normalized spacial score (nSPS) is 17.7. The molecule has 172 valence electrons. The number of hydrogen-bond acceptors (Lipinski definition) is 6. The highest BCUT2D eigenvalue weighted by molar-refractivity contribution is 8.13. The molecule has 2 N–H and O–H groups in total. The Kier molecular flexibility index (Phi) is 7.14. The maximum absolute atomic E-state index is 14.6. The first-order chi connectivity index (χ1) is 15.9. The van der Waals surface area contributed by atoms with Crippen LogP contribution < -0.4 is 0 Å². The SMILES string of the molecule is O=C1SCC(C=CC(O)C(F)(F)c2ccccc2)N1CCc1ccccc1Cc1nn[nH]n1. The molecule has 4 rings (SSSR count). The van der Waals surface area contributed by atoms with Crippen molar-refractivity contribution in [3.05, 3.63) is 89.3 Å². The number of carbonyl (C=O) groups excluding carboxylic acids is 1. The van der Waals surface area contributed by atoms with E-state index in [2.05, 4.69) is 20.6 Å². The minimum Gasteiger partial charge on any atom is -0.382 e. The summed E-state index contributed by atoms with van der Waals surface area (Å²) in [6.45, 7) is 0.426. The number of tetrazole rings is 1. The summed E-state index contributed by atoms with van der Waals surface area (Å²) in [5, 5.41) is 24.0. The second-order valence-corrected chi connectivity index (χ2v) is 8.65. The van der Waals surface area contributed by atoms with Gasteiger partial charge in [-0.05, 0) is 17.5 Å². The highest BCUT2D eigenvalue weighted by atomic mass is 32.2. The number of halogens is 2. The zero-order valence-electron chi connectivity index (χ0n) is 17.6. The van der Waals surface area contributed by atoms with E-state index in [1.165, 1.54) is 30.3 Å². The van der Waals surface area contributed by atoms with Crippen molar-refractivity contribution < 1.29 is 18.7 Å². The quantitative estimate of drug-likeness (QED) is 0.463. The molecule has 2 aromatic carbocycles. The van der Waals surface area contributed by atoms with E-state index in [0.717, 1.165) is 29.0 Å². The lowest BCUT2D eigenvalue weighted by atomic mass is 10.0. The molecule has 2 unspecified atom stereocenters. The van der Waals surface area contributed by atoms with E-state index in [1.54, 1.807) is 11.0 Å². The molecular weight excluding hydrogens is 448 g/mol. The fourth-order valence-electron chi connectivity index (χ4n) is 3.71. The summed E-state index contributed by atoms with van der Waals surface area (Å²) >= 11 is 1.15. The molecule has 10 heteroatoms. The summed E-state index contributed by atoms with van der Waals surface area (Å²) in [7, 11) is 0. The molecular formula is C23H23F2N5O2S. The molecule has 1 saturated heterocycles. The molecule has 1 fully saturated rings. The minimum atomic E-state index is -3.42. The van der Waals surface area contributed by atoms with Crippen LogP contribution in [0.5, 0.6) is 0 Å². The minimum absolute atomic E-state index is 0.107. The van der Waals surface area contributed by atoms with Crippen LogP contribution in [-0.4, -0.2) is 60.3 Å². The van der Waals surface area contributed by atoms with Crippen LogP contribution in [0.2, 0.25) is 0 Å². The number of aromatic nitrogens is 4. The molecule has 2 atom stereocenters. The summed E-state index contributed by atoms with van der Waals surface area (Å²) in [5.41, 5.74) is 1.82. The predicted octanol–water partition coefficient (Wildman–Crippen LogP) is 3.58. The molecule has 1 amide bonds. The molecule has 0 aliphatic carbocycles. The number of nitrogens with one attached hydrogen (secondary N) is 1. The van der Waals surface area contributed by atoms with Crippen molar-refractivity contribution in [3.63, 3.8) is 0 Å². The maximum atomic E-state index is 14.6. The highest BCUT2D eigenvalue weighted by Crippen LogP contribution is 2.33. The van der Waals surface area contributed by atoms with Crippen LogP contribution in [0, 0.1) is 0 Å². The second kappa shape index (κ2) is 10.2. The van der Waals surface area contributed by atoms with Crippen LogP contribution in [0.15, 0.2) is 66.7 Å². The summed E-state index contributed by atoms with van der Waals surface area (Å²) in [4.78, 5) is 14.1. The predicted molar refractivity (Wildman–Crippen MR) is 121 cm³/mol. The molecule has 0 radical (unpaired) electrons. The third kappa shape index (κ3) is 5.45. The number of nitrogens with zero attached hydrogens (tertiary/aromatic N) is 4. The largest absolute Gasteiger partial charge is 0.382 e. The van der Waals surface area contributed by atoms with E-state index in [1.807, 2.05) is 24.3 Å². The van der Waals surface area contributed by atoms with E-state index in [4.69, 9.17) is 0 Å². The number of aliphatic hydroxyl groups is 1. The Labute approximate surface area is 193 Å². The van der Waals surface area contributed by atoms with Crippen LogP contribution >= 0.6 is 11.8 Å². The standard InChI is InChI=1S/C23H23F2N5O2S/c24-23(25,18-8-2-1-3-9-18)20(31)11-10-19-15-33-22(32)30(19)13-12-16-6-4-5-7-17(16)14-21-26-28-29-27-21/h1-11,19-20,31H,12-15H2,(H,26,27,28,29). The molecule has 2 heterocycles. The number of alkyl halides is 2. The van der Waals surface area contributed by atoms with Crippen LogP contribution in [-0.2, 0) is 18.8 Å². The van der Waals surface area contributed by atoms with Crippen LogP contribution in [0.25, 0.3) is 0 Å². The summed E-state index contributed by atoms with van der Waals surface area (Å²) in [5.74, 6) is -2.40. The van der Waals surface area contributed by atoms with Gasteiger partial charge in [0.2, 0.25) is 0 Å². The van der Waals surface area contributed by atoms with Crippen molar-refractivity contribution in [2.75, 3.05) is 12.3 Å². The van der Waals surface area contributed by atoms with E-state index >= 15 is 0 Å². The third-order valence-corrected chi connectivity index (χ3v) is 6.53. The smallest absolute Gasteiger partial charge is 0.302 e. The lowest BCUT2D eigenvalue weighted by Gasteiger charge is -2.24. The van der Waals surface area contributed by atoms with Crippen molar-refractivity contribution >= 4 is 17.0 Å². The highest BCUT2D eigenvalue weighted by Gasteiger charge is 2.39. The van der Waals surface area contributed by atoms with E-state index in [9.17, 15) is 18.7 Å². The average Bonchev–Trinajstić information content (AvgIpc) is 3.47. The number of thioether (sulfide) groups is 1. The topological polar surface area (TPSA) is 95.0 Å². The molecule has 1 aromatic heterocycles. The zero-order valence-corrected chi connectivity index (χ0v) is 18.5. The summed E-state index contributed by atoms with van der Waals surface area (Å²) in [6.07, 6.45) is 1.71. The third-order valence-electron chi connectivity index (χ3n) is 5.54. The van der Waals surface area contributed by atoms with Crippen LogP contribution in [0.4, 0.5) is 13.6 Å². The summed E-state index contributed by atoms with van der Waals surface area (Å²) < 4.78 is 29.1. The molecule has 33 heavy (non-hydrogen) atoms. The Bertz CT molecular complexity index is 1100. The summed E-state index contributed by atoms with van der Waals surface area (Å²) in [6, 6.07) is 14.7. The van der Waals surface area contributed by atoms with Gasteiger partial charge in [0.25, 0.3) is 5.24 Å². The molecule has 0 bridgehead atoms. The number of benzene rings is 2. The van der Waals surface area contributed by atoms with Crippen molar-refractivity contribution in [2.24, 2.45) is 0 Å². The zero-order chi connectivity index (χ0) is 23.3. The maximum Gasteiger partial charge on any atom is 0.302 e. The number of aliphatic hydroxyl groups excluding tert-OH is 1. The fraction of sp³-hybridized carbons (Fsp3) is 0.304. The number of H-pyrrole nitrogens is 1. The van der Waals surface area contributed by atoms with Crippen molar-refractivity contribution in [1.82, 2.24) is 25.5 Å². The first-order valence-corrected chi connectivity index (χ1v) is 11.5. The Morgan fingerprint density at radius 3 is 2.64 bits per heavy atom. The fourth-order valence-corrected chi connectivity index (χ4v) is 4.71. The molecule has 3 aromatic rings. The van der Waals surface area contributed by atoms with Gasteiger partial charge < -0.3 is 10.0 Å². The van der Waals surface area contributed by atoms with Crippen molar-refractivity contribution in [2.45, 2.75) is 30.9 Å². The number of amides is 1. The van der Waals surface area contributed by atoms with Crippen LogP contribution in [0.3, 0.4) is 0 Å². The molecule has 0 saturated carbocycles. The van der Waals surface area contributed by atoms with E-state index < -0.39 is 12.0 Å². The Balaban J connectivity index is 1.42. The van der Waals surface area contributed by atoms with Crippen LogP contribution in [0.1, 0.15) is 22.5 Å². The molecule has 0 spiro atoms. The van der Waals surface area contributed by atoms with E-state index in [0.29, 0.717) is 31.0 Å². The van der Waals surface area contributed by atoms with Gasteiger partial charge in [-0.2, -0.15) is 14.0 Å². The van der Waals surface area contributed by atoms with Crippen molar-refractivity contribution in [1.29, 1.82) is 0 Å². The first kappa shape index (κ1) is 23.1. The van der Waals surface area contributed by atoms with Gasteiger partial charge in [0, 0.05) is 24.3 Å². The molecule has 1 aliphatic heterocycles. The number of carbonyl (C=O) groups is 1. The Hall–Kier alpha value is -3.11. The Morgan fingerprint density at radius 2 is 1.91 bits per heavy atom. The number of hydrogen-bond donors (Lipinski definition) is 2. The van der Waals surface area contributed by atoms with Gasteiger partial charge in [0.15, 0.2) is 5.82 Å². The lowest BCUT2D eigenvalue weighted by molar-refractivity contribution is -0.0929.